The number of fused-ring (bicyclic) bond motifs is 1. The standard InChI is InChI=1S/C12H16O4/c1-6-10-9(15-3)5-4-8(13)11(10)12(14)7(2)16-6/h4-7,12-14H,1-3H3/t6-,7+,12-/m1/s1. The van der Waals surface area contributed by atoms with Crippen LogP contribution in [0.15, 0.2) is 12.1 Å². The quantitative estimate of drug-likeness (QED) is 0.765. The molecule has 1 aliphatic rings. The summed E-state index contributed by atoms with van der Waals surface area (Å²) in [7, 11) is 1.56. The van der Waals surface area contributed by atoms with Gasteiger partial charge in [0.1, 0.15) is 17.6 Å². The van der Waals surface area contributed by atoms with Gasteiger partial charge in [-0.25, -0.2) is 0 Å². The van der Waals surface area contributed by atoms with Crippen molar-refractivity contribution in [2.75, 3.05) is 7.11 Å². The third-order valence-electron chi connectivity index (χ3n) is 3.01. The molecule has 1 aliphatic heterocycles. The molecule has 1 aromatic carbocycles. The molecule has 0 fully saturated rings. The molecule has 1 aromatic rings. The number of aliphatic hydroxyl groups is 1. The zero-order valence-electron chi connectivity index (χ0n) is 9.60. The summed E-state index contributed by atoms with van der Waals surface area (Å²) in [6, 6.07) is 3.21. The molecule has 2 rings (SSSR count). The van der Waals surface area contributed by atoms with E-state index in [0.717, 1.165) is 5.56 Å². The summed E-state index contributed by atoms with van der Waals surface area (Å²) in [6.45, 7) is 3.66. The number of ether oxygens (including phenoxy) is 2. The first-order valence-corrected chi connectivity index (χ1v) is 5.29. The van der Waals surface area contributed by atoms with Crippen LogP contribution in [-0.2, 0) is 4.74 Å². The lowest BCUT2D eigenvalue weighted by atomic mass is 9.91. The molecule has 0 saturated heterocycles. The van der Waals surface area contributed by atoms with E-state index in [9.17, 15) is 10.2 Å². The Morgan fingerprint density at radius 2 is 1.94 bits per heavy atom. The second-order valence-corrected chi connectivity index (χ2v) is 4.04. The number of hydrogen-bond donors (Lipinski definition) is 2. The fourth-order valence-corrected chi connectivity index (χ4v) is 2.21. The predicted octanol–water partition coefficient (Wildman–Crippen LogP) is 1.91. The minimum atomic E-state index is -0.818. The second-order valence-electron chi connectivity index (χ2n) is 4.04. The van der Waals surface area contributed by atoms with E-state index < -0.39 is 6.10 Å². The van der Waals surface area contributed by atoms with Crippen molar-refractivity contribution in [1.29, 1.82) is 0 Å². The number of methoxy groups -OCH3 is 1. The van der Waals surface area contributed by atoms with Crippen LogP contribution in [0.2, 0.25) is 0 Å². The van der Waals surface area contributed by atoms with E-state index in [1.54, 1.807) is 20.1 Å². The molecule has 1 heterocycles. The van der Waals surface area contributed by atoms with Crippen molar-refractivity contribution < 1.29 is 19.7 Å². The van der Waals surface area contributed by atoms with Crippen LogP contribution < -0.4 is 4.74 Å². The maximum Gasteiger partial charge on any atom is 0.125 e. The lowest BCUT2D eigenvalue weighted by Gasteiger charge is -2.33. The summed E-state index contributed by atoms with van der Waals surface area (Å²) in [5, 5.41) is 19.8. The van der Waals surface area contributed by atoms with Gasteiger partial charge in [0, 0.05) is 11.1 Å². The van der Waals surface area contributed by atoms with Crippen LogP contribution in [0.25, 0.3) is 0 Å². The molecule has 16 heavy (non-hydrogen) atoms. The van der Waals surface area contributed by atoms with Crippen molar-refractivity contribution in [3.63, 3.8) is 0 Å². The van der Waals surface area contributed by atoms with Crippen LogP contribution in [-0.4, -0.2) is 23.4 Å². The van der Waals surface area contributed by atoms with E-state index >= 15 is 0 Å². The number of rotatable bonds is 1. The van der Waals surface area contributed by atoms with Crippen molar-refractivity contribution in [1.82, 2.24) is 0 Å². The number of phenols is 1. The van der Waals surface area contributed by atoms with Crippen LogP contribution >= 0.6 is 0 Å². The molecule has 0 aliphatic carbocycles. The Bertz CT molecular complexity index is 402. The van der Waals surface area contributed by atoms with Gasteiger partial charge in [0.15, 0.2) is 0 Å². The monoisotopic (exact) mass is 224 g/mol. The van der Waals surface area contributed by atoms with Crippen molar-refractivity contribution in [3.05, 3.63) is 23.3 Å². The van der Waals surface area contributed by atoms with Crippen molar-refractivity contribution in [2.45, 2.75) is 32.2 Å². The van der Waals surface area contributed by atoms with Crippen LogP contribution in [0.3, 0.4) is 0 Å². The van der Waals surface area contributed by atoms with Gasteiger partial charge in [-0.3, -0.25) is 0 Å². The maximum atomic E-state index is 10.0. The molecular formula is C12H16O4. The number of phenolic OH excluding ortho intramolecular Hbond substituents is 1. The fourth-order valence-electron chi connectivity index (χ4n) is 2.21. The molecule has 4 nitrogen and oxygen atoms in total. The Morgan fingerprint density at radius 1 is 1.25 bits per heavy atom. The minimum Gasteiger partial charge on any atom is -0.508 e. The molecule has 0 radical (unpaired) electrons. The van der Waals surface area contributed by atoms with Crippen LogP contribution in [0, 0.1) is 0 Å². The van der Waals surface area contributed by atoms with Gasteiger partial charge in [0.25, 0.3) is 0 Å². The highest BCUT2D eigenvalue weighted by Gasteiger charge is 2.34. The van der Waals surface area contributed by atoms with Crippen molar-refractivity contribution in [2.24, 2.45) is 0 Å². The summed E-state index contributed by atoms with van der Waals surface area (Å²) < 4.78 is 10.8. The third-order valence-corrected chi connectivity index (χ3v) is 3.01. The van der Waals surface area contributed by atoms with Crippen molar-refractivity contribution in [3.8, 4) is 11.5 Å². The van der Waals surface area contributed by atoms with Gasteiger partial charge in [-0.05, 0) is 26.0 Å². The van der Waals surface area contributed by atoms with Gasteiger partial charge in [-0.1, -0.05) is 0 Å². The lowest BCUT2D eigenvalue weighted by Crippen LogP contribution is -2.27. The van der Waals surface area contributed by atoms with E-state index in [0.29, 0.717) is 11.3 Å². The maximum absolute atomic E-state index is 10.0. The molecule has 0 aromatic heterocycles. The van der Waals surface area contributed by atoms with Gasteiger partial charge < -0.3 is 19.7 Å². The highest BCUT2D eigenvalue weighted by Crippen LogP contribution is 2.45. The highest BCUT2D eigenvalue weighted by molar-refractivity contribution is 5.51. The van der Waals surface area contributed by atoms with Crippen LogP contribution in [0.4, 0.5) is 0 Å². The van der Waals surface area contributed by atoms with Gasteiger partial charge >= 0.3 is 0 Å². The van der Waals surface area contributed by atoms with Gasteiger partial charge in [-0.2, -0.15) is 0 Å². The first-order valence-electron chi connectivity index (χ1n) is 5.29. The fraction of sp³-hybridized carbons (Fsp3) is 0.500. The van der Waals surface area contributed by atoms with E-state index in [1.165, 1.54) is 6.07 Å². The summed E-state index contributed by atoms with van der Waals surface area (Å²) >= 11 is 0. The first-order chi connectivity index (χ1) is 7.56. The molecule has 0 unspecified atom stereocenters. The smallest absolute Gasteiger partial charge is 0.125 e. The molecule has 0 saturated carbocycles. The number of hydrogen-bond acceptors (Lipinski definition) is 4. The summed E-state index contributed by atoms with van der Waals surface area (Å²) in [4.78, 5) is 0. The zero-order valence-corrected chi connectivity index (χ0v) is 9.60. The van der Waals surface area contributed by atoms with E-state index in [-0.39, 0.29) is 18.0 Å². The SMILES string of the molecule is COc1ccc(O)c2c1[C@@H](C)O[C@@H](C)[C@H]2O. The predicted molar refractivity (Wildman–Crippen MR) is 58.6 cm³/mol. The Morgan fingerprint density at radius 3 is 2.56 bits per heavy atom. The van der Waals surface area contributed by atoms with Gasteiger partial charge in [0.05, 0.1) is 19.3 Å². The van der Waals surface area contributed by atoms with E-state index in [2.05, 4.69) is 0 Å². The molecule has 2 N–H and O–H groups in total. The molecule has 88 valence electrons. The summed E-state index contributed by atoms with van der Waals surface area (Å²) in [5.74, 6) is 0.719. The number of aliphatic hydroxyl groups excluding tert-OH is 1. The third kappa shape index (κ3) is 1.54. The molecule has 3 atom stereocenters. The number of benzene rings is 1. The van der Waals surface area contributed by atoms with E-state index in [1.807, 2.05) is 6.92 Å². The normalized spacial score (nSPS) is 28.6. The minimum absolute atomic E-state index is 0.0882. The molecule has 0 amide bonds. The van der Waals surface area contributed by atoms with E-state index in [4.69, 9.17) is 9.47 Å². The van der Waals surface area contributed by atoms with Gasteiger partial charge in [-0.15, -0.1) is 0 Å². The summed E-state index contributed by atoms with van der Waals surface area (Å²) in [5.41, 5.74) is 1.25. The van der Waals surface area contributed by atoms with Crippen LogP contribution in [0.1, 0.15) is 37.2 Å². The van der Waals surface area contributed by atoms with Crippen LogP contribution in [0.5, 0.6) is 11.5 Å². The largest absolute Gasteiger partial charge is 0.508 e. The number of aromatic hydroxyl groups is 1. The summed E-state index contributed by atoms with van der Waals surface area (Å²) in [6.07, 6.45) is -1.35. The average molecular weight is 224 g/mol. The van der Waals surface area contributed by atoms with Crippen molar-refractivity contribution >= 4 is 0 Å². The molecule has 4 heteroatoms. The first kappa shape index (κ1) is 11.2. The Labute approximate surface area is 94.4 Å². The lowest BCUT2D eigenvalue weighted by molar-refractivity contribution is -0.0825. The Balaban J connectivity index is 2.63. The van der Waals surface area contributed by atoms with Gasteiger partial charge in [0.2, 0.25) is 0 Å². The average Bonchev–Trinajstić information content (AvgIpc) is 2.25. The molecule has 0 spiro atoms. The molecular weight excluding hydrogens is 208 g/mol. The second kappa shape index (κ2) is 3.96. The topological polar surface area (TPSA) is 58.9 Å². The Hall–Kier alpha value is -1.26. The highest BCUT2D eigenvalue weighted by atomic mass is 16.5. The molecule has 0 bridgehead atoms. The Kier molecular flexibility index (Phi) is 2.78. The zero-order chi connectivity index (χ0) is 11.9.